The van der Waals surface area contributed by atoms with Gasteiger partial charge in [0.15, 0.2) is 11.5 Å². The highest BCUT2D eigenvalue weighted by Gasteiger charge is 2.51. The zero-order valence-corrected chi connectivity index (χ0v) is 66.3. The topological polar surface area (TPSA) is 531 Å². The van der Waals surface area contributed by atoms with Crippen molar-refractivity contribution in [2.24, 2.45) is 35.3 Å². The molecule has 15 bridgehead atoms. The molecule has 6 heterocycles. The first-order chi connectivity index (χ1) is 56.3. The Morgan fingerprint density at radius 1 is 0.644 bits per heavy atom. The fraction of sp³-hybridized carbons (Fsp3) is 0.457. The second-order valence-electron chi connectivity index (χ2n) is 31.2. The molecule has 1 saturated heterocycles. The maximum atomic E-state index is 16.5. The van der Waals surface area contributed by atoms with Crippen molar-refractivity contribution in [2.75, 3.05) is 47.1 Å². The van der Waals surface area contributed by atoms with Gasteiger partial charge in [0, 0.05) is 36.9 Å². The number of ether oxygens (including phenoxy) is 7. The third-order valence-electron chi connectivity index (χ3n) is 22.5. The third kappa shape index (κ3) is 18.5. The Hall–Kier alpha value is -10.5. The Bertz CT molecular complexity index is 4920. The van der Waals surface area contributed by atoms with E-state index in [0.29, 0.717) is 18.4 Å². The number of phenolic OH excluding ortho intramolecular Hbond substituents is 3. The minimum absolute atomic E-state index is 0.0495. The van der Waals surface area contributed by atoms with Crippen LogP contribution in [0.4, 0.5) is 0 Å². The normalized spacial score (nSPS) is 27.7. The van der Waals surface area contributed by atoms with Gasteiger partial charge in [0.1, 0.15) is 114 Å². The van der Waals surface area contributed by atoms with Crippen molar-refractivity contribution >= 4 is 68.9 Å². The molecule has 4 saturated carbocycles. The lowest BCUT2D eigenvalue weighted by Crippen LogP contribution is -2.60. The number of aromatic hydroxyl groups is 3. The number of likely N-dealkylation sites (N-methyl/N-ethyl adjacent to an activating group) is 1. The van der Waals surface area contributed by atoms with Gasteiger partial charge in [-0.2, -0.15) is 0 Å². The molecule has 0 unspecified atom stereocenters. The summed E-state index contributed by atoms with van der Waals surface area (Å²) in [6.07, 6.45) is -10.4. The maximum absolute atomic E-state index is 16.5. The van der Waals surface area contributed by atoms with Gasteiger partial charge >= 0.3 is 0 Å². The molecule has 37 heteroatoms. The number of hydrogen-bond acceptors (Lipinski definition) is 27. The summed E-state index contributed by atoms with van der Waals surface area (Å²) in [7, 11) is -1.94. The number of rotatable bonds is 21. The molecule has 8 amide bonds. The van der Waals surface area contributed by atoms with Crippen LogP contribution in [0.5, 0.6) is 51.7 Å². The highest BCUT2D eigenvalue weighted by Crippen LogP contribution is 2.55. The molecule has 632 valence electrons. The molecule has 6 aromatic rings. The average Bonchev–Trinajstić information content (AvgIpc) is 0.759. The Morgan fingerprint density at radius 2 is 1.28 bits per heavy atom. The summed E-state index contributed by atoms with van der Waals surface area (Å²) in [5.41, 5.74) is 4.04. The van der Waals surface area contributed by atoms with Crippen molar-refractivity contribution < 1.29 is 121 Å². The SMILES string of the molecule is CN[C@H](CC(C)C)C(=O)N[C@H]1C(=O)N[C@@H](CC(=O)NS(=O)(=O)c2ccc(OCCOCCOC)cc2)C(=O)N[C@H]2C(=O)N[C@H]3C(=O)N[C@H](C(=O)N[C@H](C(=O)NC4C5CC6CC(C5)CC4C6)c4cc(O)cc(O)c4-c4cc3ccc4O)[C@H](O)c3ccc(c(Cl)c3)Oc3cc2cc(c3O[C@@H]2O[C@H](CN)[C@@H](O)[C@H](O)[C@H]2O)Oc2ccc(cc2C)[C@H]1O. The molecule has 5 fully saturated rings. The molecule has 6 aliphatic heterocycles. The number of hydrogen-bond donors (Lipinski definition) is 18. The van der Waals surface area contributed by atoms with Crippen LogP contribution in [0.25, 0.3) is 11.1 Å². The van der Waals surface area contributed by atoms with Crippen LogP contribution in [0.3, 0.4) is 0 Å². The zero-order valence-electron chi connectivity index (χ0n) is 64.7. The van der Waals surface area contributed by atoms with E-state index in [2.05, 4.69) is 42.5 Å². The molecule has 0 radical (unpaired) electrons. The quantitative estimate of drug-likeness (QED) is 0.0460. The number of nitrogens with one attached hydrogen (secondary N) is 9. The average molecular weight is 1680 g/mol. The molecule has 0 aromatic heterocycles. The number of nitrogens with two attached hydrogens (primary N) is 1. The summed E-state index contributed by atoms with van der Waals surface area (Å²) in [5.74, 6) is -13.3. The minimum Gasteiger partial charge on any atom is -0.508 e. The molecular formula is C81H95ClN10O25S. The van der Waals surface area contributed by atoms with Crippen molar-refractivity contribution in [3.63, 3.8) is 0 Å². The molecule has 118 heavy (non-hydrogen) atoms. The summed E-state index contributed by atoms with van der Waals surface area (Å²) in [6, 6.07) is 5.00. The first-order valence-electron chi connectivity index (χ1n) is 38.7. The van der Waals surface area contributed by atoms with E-state index in [0.717, 1.165) is 92.8 Å². The molecule has 19 N–H and O–H groups in total. The van der Waals surface area contributed by atoms with E-state index in [-0.39, 0.29) is 106 Å². The number of halogens is 1. The first-order valence-corrected chi connectivity index (χ1v) is 40.5. The molecule has 16 rings (SSSR count). The second kappa shape index (κ2) is 36.0. The molecular weight excluding hydrogens is 1580 g/mol. The fourth-order valence-corrected chi connectivity index (χ4v) is 18.0. The maximum Gasteiger partial charge on any atom is 0.264 e. The van der Waals surface area contributed by atoms with Crippen LogP contribution in [0.15, 0.2) is 108 Å². The van der Waals surface area contributed by atoms with Gasteiger partial charge in [-0.1, -0.05) is 43.6 Å². The lowest BCUT2D eigenvalue weighted by Gasteiger charge is -2.54. The number of sulfonamides is 1. The molecule has 0 spiro atoms. The highest BCUT2D eigenvalue weighted by atomic mass is 35.5. The van der Waals surface area contributed by atoms with E-state index in [1.165, 1.54) is 63.5 Å². The van der Waals surface area contributed by atoms with E-state index >= 15 is 28.8 Å². The Kier molecular flexibility index (Phi) is 26.1. The van der Waals surface area contributed by atoms with Crippen LogP contribution < -0.4 is 71.9 Å². The van der Waals surface area contributed by atoms with Crippen LogP contribution in [0.2, 0.25) is 5.02 Å². The fourth-order valence-electron chi connectivity index (χ4n) is 16.8. The Balaban J connectivity index is 0.983. The Labute approximate surface area is 682 Å². The van der Waals surface area contributed by atoms with Crippen molar-refractivity contribution in [2.45, 2.75) is 162 Å². The zero-order chi connectivity index (χ0) is 84.5. The number of aliphatic hydroxyl groups excluding tert-OH is 5. The van der Waals surface area contributed by atoms with E-state index < -0.39 is 205 Å². The van der Waals surface area contributed by atoms with Crippen molar-refractivity contribution in [1.82, 2.24) is 47.3 Å². The summed E-state index contributed by atoms with van der Waals surface area (Å²) in [4.78, 5) is 124. The number of aryl methyl sites for hydroxylation is 1. The second-order valence-corrected chi connectivity index (χ2v) is 33.3. The van der Waals surface area contributed by atoms with Crippen LogP contribution >= 0.6 is 11.6 Å². The van der Waals surface area contributed by atoms with Gasteiger partial charge in [-0.15, -0.1) is 0 Å². The van der Waals surface area contributed by atoms with E-state index in [1.807, 2.05) is 18.6 Å². The van der Waals surface area contributed by atoms with Gasteiger partial charge in [-0.3, -0.25) is 38.4 Å². The van der Waals surface area contributed by atoms with Gasteiger partial charge in [0.05, 0.1) is 42.2 Å². The molecule has 6 aromatic carbocycles. The molecule has 35 nitrogen and oxygen atoms in total. The van der Waals surface area contributed by atoms with Crippen molar-refractivity contribution in [3.05, 3.63) is 142 Å². The number of carbonyl (C=O) groups excluding carboxylic acids is 8. The predicted octanol–water partition coefficient (Wildman–Crippen LogP) is 2.41. The van der Waals surface area contributed by atoms with Crippen molar-refractivity contribution in [3.8, 4) is 62.9 Å². The smallest absolute Gasteiger partial charge is 0.264 e. The van der Waals surface area contributed by atoms with Crippen LogP contribution in [-0.2, 0) is 62.6 Å². The van der Waals surface area contributed by atoms with Gasteiger partial charge in [-0.05, 0) is 194 Å². The standard InChI is InChI=1S/C81H95ClN10O25S/c1-35(2)20-51(84-4)74(102)90-66-68(97)40-7-14-55(36(3)21-40)114-57-29-44-30-58(73(57)117-81-72(101)71(100)70(99)59(34-83)116-81)115-56-15-8-41(28-50(56)82)69(98)67-80(108)89-65(78(106)86-62-42-23-37-22-38(25-42)26-43(62)24-37)49-31-45(93)32-54(95)61(49)48-27-39(6-13-53(48)94)63(76(104)91-67)88-77(105)64(44)87-75(103)52(85-79(66)107)33-60(96)92-118(109,110)47-11-9-46(10-12-47)113-19-18-112-17-16-111-5/h6-15,21,27-32,35,37-38,42-43,51-52,59,62-72,81,84,93-95,97-101H,16-20,22-26,33-34,83H2,1-5H3,(H,85,107)(H,86,106)(H,87,103)(H,88,105)(H,89,108)(H,90,102)(H,91,104)(H,92,96)/t37?,38?,42?,43?,51-,52+,59-,62?,63-,64-,65+,66-,67+,68-,69-,70-,71+,72-,81+/m1/s1. The van der Waals surface area contributed by atoms with Crippen LogP contribution in [0, 0.1) is 36.5 Å². The van der Waals surface area contributed by atoms with Gasteiger partial charge in [0.2, 0.25) is 59.3 Å². The Morgan fingerprint density at radius 3 is 1.93 bits per heavy atom. The largest absolute Gasteiger partial charge is 0.508 e. The van der Waals surface area contributed by atoms with Crippen LogP contribution in [0.1, 0.15) is 123 Å². The monoisotopic (exact) mass is 1670 g/mol. The summed E-state index contributed by atoms with van der Waals surface area (Å²) < 4.78 is 72.3. The number of aliphatic hydroxyl groups is 5. The molecule has 10 aliphatic rings. The number of amides is 8. The van der Waals surface area contributed by atoms with Gasteiger partial charge in [0.25, 0.3) is 10.0 Å². The van der Waals surface area contributed by atoms with Gasteiger partial charge < -0.3 is 122 Å². The van der Waals surface area contributed by atoms with Crippen molar-refractivity contribution in [1.29, 1.82) is 0 Å². The first kappa shape index (κ1) is 85.4. The van der Waals surface area contributed by atoms with E-state index in [1.54, 1.807) is 0 Å². The third-order valence-corrected chi connectivity index (χ3v) is 24.2. The summed E-state index contributed by atoms with van der Waals surface area (Å²) >= 11 is 7.18. The summed E-state index contributed by atoms with van der Waals surface area (Å²) in [5, 5.41) is 116. The van der Waals surface area contributed by atoms with E-state index in [9.17, 15) is 58.9 Å². The number of methoxy groups -OCH3 is 1. The predicted molar refractivity (Wildman–Crippen MR) is 417 cm³/mol. The number of benzene rings is 6. The van der Waals surface area contributed by atoms with E-state index in [4.69, 9.17) is 50.5 Å². The minimum atomic E-state index is -4.91. The number of phenols is 3. The van der Waals surface area contributed by atoms with Crippen LogP contribution in [-0.4, -0.2) is 205 Å². The highest BCUT2D eigenvalue weighted by molar-refractivity contribution is 7.90. The van der Waals surface area contributed by atoms with Gasteiger partial charge in [-0.25, -0.2) is 13.1 Å². The number of carbonyl (C=O) groups is 8. The molecule has 4 aliphatic carbocycles. The lowest BCUT2D eigenvalue weighted by molar-refractivity contribution is -0.270. The lowest BCUT2D eigenvalue weighted by atomic mass is 9.54. The molecule has 14 atom stereocenters. The summed E-state index contributed by atoms with van der Waals surface area (Å²) in [6.45, 7) is 5.46. The number of fused-ring (bicyclic) bond motifs is 15.